The number of hydrogen-bond donors (Lipinski definition) is 0. The number of hydrogen-bond acceptors (Lipinski definition) is 5. The Morgan fingerprint density at radius 2 is 2.12 bits per heavy atom. The van der Waals surface area contributed by atoms with Crippen LogP contribution in [-0.2, 0) is 0 Å². The van der Waals surface area contributed by atoms with E-state index in [-0.39, 0.29) is 30.1 Å². The molecule has 0 bridgehead atoms. The summed E-state index contributed by atoms with van der Waals surface area (Å²) in [5.41, 5.74) is 1.70. The Hall–Kier alpha value is -0.760. The summed E-state index contributed by atoms with van der Waals surface area (Å²) in [7, 11) is 0. The first-order valence-corrected chi connectivity index (χ1v) is 5.40. The van der Waals surface area contributed by atoms with Crippen molar-refractivity contribution in [3.63, 3.8) is 0 Å². The van der Waals surface area contributed by atoms with Crippen molar-refractivity contribution in [2.75, 3.05) is 0 Å². The van der Waals surface area contributed by atoms with Gasteiger partial charge in [-0.25, -0.2) is 0 Å². The Morgan fingerprint density at radius 1 is 1.31 bits per heavy atom. The number of ether oxygens (including phenoxy) is 1. The standard InChI is InChI=1S/C10H11N3OS.HI/c1-7(2)14-10-9(12-15-13-10)8-4-3-5-11-6-8;/h3-7H,1-2H3;1H. The van der Waals surface area contributed by atoms with Crippen LogP contribution < -0.4 is 4.74 Å². The van der Waals surface area contributed by atoms with Gasteiger partial charge in [-0.3, -0.25) is 4.98 Å². The number of halogens is 1. The molecule has 0 aromatic carbocycles. The van der Waals surface area contributed by atoms with Crippen molar-refractivity contribution in [3.8, 4) is 17.1 Å². The summed E-state index contributed by atoms with van der Waals surface area (Å²) in [5.74, 6) is 0.586. The quantitative estimate of drug-likeness (QED) is 0.800. The average molecular weight is 349 g/mol. The second kappa shape index (κ2) is 6.09. The van der Waals surface area contributed by atoms with E-state index in [0.717, 1.165) is 23.0 Å². The summed E-state index contributed by atoms with van der Waals surface area (Å²) in [5, 5.41) is 0. The zero-order valence-corrected chi connectivity index (χ0v) is 12.1. The molecule has 0 radical (unpaired) electrons. The third-order valence-corrected chi connectivity index (χ3v) is 2.25. The van der Waals surface area contributed by atoms with Gasteiger partial charge in [0.05, 0.1) is 17.8 Å². The molecule has 0 fully saturated rings. The lowest BCUT2D eigenvalue weighted by Crippen LogP contribution is -2.06. The maximum absolute atomic E-state index is 5.55. The van der Waals surface area contributed by atoms with E-state index in [1.165, 1.54) is 0 Å². The monoisotopic (exact) mass is 349 g/mol. The molecule has 0 aliphatic carbocycles. The van der Waals surface area contributed by atoms with E-state index in [1.54, 1.807) is 12.4 Å². The average Bonchev–Trinajstić information content (AvgIpc) is 2.66. The molecular weight excluding hydrogens is 337 g/mol. The van der Waals surface area contributed by atoms with Gasteiger partial charge < -0.3 is 4.74 Å². The van der Waals surface area contributed by atoms with E-state index in [9.17, 15) is 0 Å². The Labute approximate surface area is 115 Å². The maximum atomic E-state index is 5.55. The molecule has 0 saturated heterocycles. The second-order valence-electron chi connectivity index (χ2n) is 3.33. The predicted octanol–water partition coefficient (Wildman–Crippen LogP) is 3.01. The van der Waals surface area contributed by atoms with Gasteiger partial charge in [0.15, 0.2) is 0 Å². The summed E-state index contributed by atoms with van der Waals surface area (Å²) in [6.07, 6.45) is 3.58. The fraction of sp³-hybridized carbons (Fsp3) is 0.300. The Bertz CT molecular complexity index is 433. The van der Waals surface area contributed by atoms with Crippen molar-refractivity contribution in [1.29, 1.82) is 0 Å². The van der Waals surface area contributed by atoms with Crippen LogP contribution in [-0.4, -0.2) is 19.8 Å². The molecule has 16 heavy (non-hydrogen) atoms. The van der Waals surface area contributed by atoms with Crippen LogP contribution in [0.4, 0.5) is 0 Å². The van der Waals surface area contributed by atoms with E-state index in [4.69, 9.17) is 4.74 Å². The molecule has 2 rings (SSSR count). The van der Waals surface area contributed by atoms with Gasteiger partial charge in [0.1, 0.15) is 5.69 Å². The van der Waals surface area contributed by atoms with Gasteiger partial charge in [-0.2, -0.15) is 4.37 Å². The van der Waals surface area contributed by atoms with E-state index >= 15 is 0 Å². The van der Waals surface area contributed by atoms with Crippen molar-refractivity contribution in [2.24, 2.45) is 0 Å². The number of aromatic nitrogens is 3. The number of pyridine rings is 1. The lowest BCUT2D eigenvalue weighted by atomic mass is 10.2. The van der Waals surface area contributed by atoms with Gasteiger partial charge in [-0.05, 0) is 26.0 Å². The molecule has 0 aliphatic rings. The molecule has 0 aliphatic heterocycles. The number of rotatable bonds is 3. The zero-order valence-electron chi connectivity index (χ0n) is 8.95. The molecule has 2 aromatic heterocycles. The highest BCUT2D eigenvalue weighted by Crippen LogP contribution is 2.27. The first kappa shape index (κ1) is 13.3. The molecule has 0 atom stereocenters. The van der Waals surface area contributed by atoms with Crippen molar-refractivity contribution >= 4 is 35.7 Å². The predicted molar refractivity (Wildman–Crippen MR) is 74.3 cm³/mol. The molecule has 6 heteroatoms. The molecule has 0 amide bonds. The highest BCUT2D eigenvalue weighted by molar-refractivity contribution is 14.0. The minimum absolute atomic E-state index is 0. The summed E-state index contributed by atoms with van der Waals surface area (Å²) in [4.78, 5) is 4.04. The van der Waals surface area contributed by atoms with Gasteiger partial charge in [-0.1, -0.05) is 0 Å². The maximum Gasteiger partial charge on any atom is 0.254 e. The van der Waals surface area contributed by atoms with Crippen molar-refractivity contribution in [2.45, 2.75) is 20.0 Å². The normalized spacial score (nSPS) is 9.94. The molecule has 4 nitrogen and oxygen atoms in total. The molecule has 0 N–H and O–H groups in total. The Kier molecular flexibility index (Phi) is 5.07. The highest BCUT2D eigenvalue weighted by atomic mass is 127. The first-order valence-electron chi connectivity index (χ1n) is 4.67. The van der Waals surface area contributed by atoms with Gasteiger partial charge in [0, 0.05) is 18.0 Å². The largest absolute Gasteiger partial charge is 0.473 e. The van der Waals surface area contributed by atoms with Crippen LogP contribution in [0, 0.1) is 0 Å². The van der Waals surface area contributed by atoms with Crippen LogP contribution in [0.2, 0.25) is 0 Å². The minimum atomic E-state index is 0. The van der Waals surface area contributed by atoms with Crippen LogP contribution >= 0.6 is 35.7 Å². The van der Waals surface area contributed by atoms with Crippen LogP contribution in [0.15, 0.2) is 24.5 Å². The van der Waals surface area contributed by atoms with Crippen LogP contribution in [0.25, 0.3) is 11.3 Å². The van der Waals surface area contributed by atoms with Gasteiger partial charge >= 0.3 is 0 Å². The fourth-order valence-electron chi connectivity index (χ4n) is 1.16. The first-order chi connectivity index (χ1) is 7.27. The van der Waals surface area contributed by atoms with Crippen LogP contribution in [0.5, 0.6) is 5.88 Å². The van der Waals surface area contributed by atoms with E-state index in [1.807, 2.05) is 26.0 Å². The topological polar surface area (TPSA) is 47.9 Å². The lowest BCUT2D eigenvalue weighted by Gasteiger charge is -2.07. The smallest absolute Gasteiger partial charge is 0.254 e. The molecule has 0 unspecified atom stereocenters. The van der Waals surface area contributed by atoms with Gasteiger partial charge in [0.2, 0.25) is 0 Å². The Balaban J connectivity index is 0.00000128. The third kappa shape index (κ3) is 3.11. The highest BCUT2D eigenvalue weighted by Gasteiger charge is 2.12. The zero-order chi connectivity index (χ0) is 10.7. The SMILES string of the molecule is CC(C)Oc1nsnc1-c1cccnc1.I. The van der Waals surface area contributed by atoms with E-state index < -0.39 is 0 Å². The summed E-state index contributed by atoms with van der Waals surface area (Å²) in [6, 6.07) is 3.81. The fourth-order valence-corrected chi connectivity index (χ4v) is 1.67. The molecule has 86 valence electrons. The summed E-state index contributed by atoms with van der Waals surface area (Å²) >= 11 is 1.15. The Morgan fingerprint density at radius 3 is 2.75 bits per heavy atom. The molecule has 0 spiro atoms. The van der Waals surface area contributed by atoms with E-state index in [0.29, 0.717) is 5.88 Å². The number of nitrogens with zero attached hydrogens (tertiary/aromatic N) is 3. The van der Waals surface area contributed by atoms with E-state index in [2.05, 4.69) is 13.7 Å². The van der Waals surface area contributed by atoms with Gasteiger partial charge in [0.25, 0.3) is 5.88 Å². The van der Waals surface area contributed by atoms with Crippen molar-refractivity contribution in [1.82, 2.24) is 13.7 Å². The van der Waals surface area contributed by atoms with Crippen molar-refractivity contribution in [3.05, 3.63) is 24.5 Å². The van der Waals surface area contributed by atoms with Crippen LogP contribution in [0.1, 0.15) is 13.8 Å². The van der Waals surface area contributed by atoms with Gasteiger partial charge in [-0.15, -0.1) is 28.4 Å². The molecular formula is C10H12IN3OS. The van der Waals surface area contributed by atoms with Crippen molar-refractivity contribution < 1.29 is 4.74 Å². The third-order valence-electron chi connectivity index (χ3n) is 1.74. The summed E-state index contributed by atoms with van der Waals surface area (Å²) < 4.78 is 13.9. The van der Waals surface area contributed by atoms with Crippen LogP contribution in [0.3, 0.4) is 0 Å². The molecule has 0 saturated carbocycles. The molecule has 2 heterocycles. The minimum Gasteiger partial charge on any atom is -0.473 e. The summed E-state index contributed by atoms with van der Waals surface area (Å²) in [6.45, 7) is 3.93. The second-order valence-corrected chi connectivity index (χ2v) is 3.85. The lowest BCUT2D eigenvalue weighted by molar-refractivity contribution is 0.236. The molecule has 2 aromatic rings.